The Morgan fingerprint density at radius 1 is 1.41 bits per heavy atom. The molecule has 1 heterocycles. The molecule has 0 saturated heterocycles. The summed E-state index contributed by atoms with van der Waals surface area (Å²) in [5.41, 5.74) is 7.37. The molecule has 0 aliphatic heterocycles. The second kappa shape index (κ2) is 5.24. The number of nitrogens with one attached hydrogen (secondary N) is 1. The monoisotopic (exact) mass is 378 g/mol. The van der Waals surface area contributed by atoms with Crippen LogP contribution in [-0.4, -0.2) is 5.91 Å². The molecule has 0 spiro atoms. The van der Waals surface area contributed by atoms with Crippen LogP contribution in [0.1, 0.15) is 10.4 Å². The first-order chi connectivity index (χ1) is 8.06. The minimum Gasteiger partial charge on any atom is -0.398 e. The maximum Gasteiger partial charge on any atom is 0.256 e. The molecular formula is C11H8ClIN2OS. The van der Waals surface area contributed by atoms with Gasteiger partial charge in [-0.25, -0.2) is 0 Å². The highest BCUT2D eigenvalue weighted by molar-refractivity contribution is 14.1. The summed E-state index contributed by atoms with van der Waals surface area (Å²) in [4.78, 5) is 11.8. The molecule has 1 amide bonds. The van der Waals surface area contributed by atoms with Crippen molar-refractivity contribution in [3.8, 4) is 0 Å². The van der Waals surface area contributed by atoms with Crippen molar-refractivity contribution >= 4 is 62.8 Å². The van der Waals surface area contributed by atoms with Gasteiger partial charge in [0.15, 0.2) is 0 Å². The van der Waals surface area contributed by atoms with Crippen molar-refractivity contribution in [2.45, 2.75) is 0 Å². The van der Waals surface area contributed by atoms with Crippen LogP contribution in [0.25, 0.3) is 0 Å². The molecule has 2 aromatic rings. The van der Waals surface area contributed by atoms with E-state index in [-0.39, 0.29) is 5.91 Å². The molecule has 0 unspecified atom stereocenters. The van der Waals surface area contributed by atoms with Crippen LogP contribution in [0, 0.1) is 2.88 Å². The van der Waals surface area contributed by atoms with Crippen molar-refractivity contribution in [3.63, 3.8) is 0 Å². The van der Waals surface area contributed by atoms with E-state index >= 15 is 0 Å². The molecule has 0 aliphatic carbocycles. The first-order valence-corrected chi connectivity index (χ1v) is 7.00. The Labute approximate surface area is 121 Å². The SMILES string of the molecule is Nc1ccc(NC(=O)c2csc(I)c2)cc1Cl. The van der Waals surface area contributed by atoms with Crippen LogP contribution < -0.4 is 11.1 Å². The molecule has 88 valence electrons. The normalized spacial score (nSPS) is 10.2. The summed E-state index contributed by atoms with van der Waals surface area (Å²) < 4.78 is 1.07. The number of hydrogen-bond donors (Lipinski definition) is 2. The molecule has 2 rings (SSSR count). The summed E-state index contributed by atoms with van der Waals surface area (Å²) in [5, 5.41) is 5.01. The largest absolute Gasteiger partial charge is 0.398 e. The zero-order valence-electron chi connectivity index (χ0n) is 8.54. The van der Waals surface area contributed by atoms with Crippen LogP contribution in [0.15, 0.2) is 29.6 Å². The van der Waals surface area contributed by atoms with E-state index in [1.54, 1.807) is 18.2 Å². The van der Waals surface area contributed by atoms with E-state index in [2.05, 4.69) is 27.9 Å². The lowest BCUT2D eigenvalue weighted by Crippen LogP contribution is -2.10. The summed E-state index contributed by atoms with van der Waals surface area (Å²) in [6.45, 7) is 0. The Morgan fingerprint density at radius 2 is 2.18 bits per heavy atom. The van der Waals surface area contributed by atoms with Crippen molar-refractivity contribution in [3.05, 3.63) is 43.1 Å². The lowest BCUT2D eigenvalue weighted by Gasteiger charge is -2.05. The van der Waals surface area contributed by atoms with E-state index in [1.165, 1.54) is 11.3 Å². The van der Waals surface area contributed by atoms with E-state index in [9.17, 15) is 4.79 Å². The van der Waals surface area contributed by atoms with Gasteiger partial charge in [-0.3, -0.25) is 4.79 Å². The minimum atomic E-state index is -0.148. The van der Waals surface area contributed by atoms with Gasteiger partial charge >= 0.3 is 0 Å². The van der Waals surface area contributed by atoms with Gasteiger partial charge in [0.2, 0.25) is 0 Å². The standard InChI is InChI=1S/C11H8ClIN2OS/c12-8-4-7(1-2-9(8)14)15-11(16)6-3-10(13)17-5-6/h1-5H,14H2,(H,15,16). The van der Waals surface area contributed by atoms with Crippen LogP contribution in [0.3, 0.4) is 0 Å². The predicted molar refractivity (Wildman–Crippen MR) is 80.9 cm³/mol. The maximum atomic E-state index is 11.8. The molecule has 0 radical (unpaired) electrons. The summed E-state index contributed by atoms with van der Waals surface area (Å²) in [7, 11) is 0. The molecule has 1 aromatic heterocycles. The third kappa shape index (κ3) is 3.11. The topological polar surface area (TPSA) is 55.1 Å². The van der Waals surface area contributed by atoms with Gasteiger partial charge in [-0.1, -0.05) is 11.6 Å². The van der Waals surface area contributed by atoms with Gasteiger partial charge in [-0.05, 0) is 46.9 Å². The smallest absolute Gasteiger partial charge is 0.256 e. The van der Waals surface area contributed by atoms with Crippen LogP contribution in [0.4, 0.5) is 11.4 Å². The van der Waals surface area contributed by atoms with Gasteiger partial charge in [0, 0.05) is 11.1 Å². The predicted octanol–water partition coefficient (Wildman–Crippen LogP) is 3.84. The number of carbonyl (C=O) groups is 1. The summed E-state index contributed by atoms with van der Waals surface area (Å²) >= 11 is 9.58. The maximum absolute atomic E-state index is 11.8. The van der Waals surface area contributed by atoms with Crippen LogP contribution >= 0.6 is 45.5 Å². The minimum absolute atomic E-state index is 0.148. The average molecular weight is 379 g/mol. The Hall–Kier alpha value is -0.790. The number of rotatable bonds is 2. The van der Waals surface area contributed by atoms with Crippen molar-refractivity contribution in [1.82, 2.24) is 0 Å². The molecule has 0 saturated carbocycles. The van der Waals surface area contributed by atoms with Crippen molar-refractivity contribution in [2.75, 3.05) is 11.1 Å². The number of benzene rings is 1. The highest BCUT2D eigenvalue weighted by Gasteiger charge is 2.08. The molecule has 0 aliphatic rings. The molecule has 3 nitrogen and oxygen atoms in total. The first-order valence-electron chi connectivity index (χ1n) is 4.66. The zero-order valence-corrected chi connectivity index (χ0v) is 12.3. The number of halogens is 2. The fourth-order valence-electron chi connectivity index (χ4n) is 1.24. The summed E-state index contributed by atoms with van der Waals surface area (Å²) in [6.07, 6.45) is 0. The third-order valence-electron chi connectivity index (χ3n) is 2.09. The van der Waals surface area contributed by atoms with E-state index in [0.29, 0.717) is 22.0 Å². The van der Waals surface area contributed by atoms with E-state index in [4.69, 9.17) is 17.3 Å². The fraction of sp³-hybridized carbons (Fsp3) is 0. The third-order valence-corrected chi connectivity index (χ3v) is 4.20. The molecular weight excluding hydrogens is 371 g/mol. The molecule has 0 bridgehead atoms. The molecule has 17 heavy (non-hydrogen) atoms. The molecule has 3 N–H and O–H groups in total. The van der Waals surface area contributed by atoms with Crippen LogP contribution in [-0.2, 0) is 0 Å². The van der Waals surface area contributed by atoms with Gasteiger partial charge in [-0.2, -0.15) is 0 Å². The Kier molecular flexibility index (Phi) is 3.90. The number of anilines is 2. The highest BCUT2D eigenvalue weighted by atomic mass is 127. The van der Waals surface area contributed by atoms with Crippen LogP contribution in [0.5, 0.6) is 0 Å². The Balaban J connectivity index is 2.15. The number of nitrogens with two attached hydrogens (primary N) is 1. The van der Waals surface area contributed by atoms with Gasteiger partial charge in [0.25, 0.3) is 5.91 Å². The number of thiophene rings is 1. The van der Waals surface area contributed by atoms with Crippen molar-refractivity contribution < 1.29 is 4.79 Å². The number of amides is 1. The van der Waals surface area contributed by atoms with E-state index in [0.717, 1.165) is 2.88 Å². The highest BCUT2D eigenvalue weighted by Crippen LogP contribution is 2.23. The number of hydrogen-bond acceptors (Lipinski definition) is 3. The molecule has 6 heteroatoms. The summed E-state index contributed by atoms with van der Waals surface area (Å²) in [5.74, 6) is -0.148. The average Bonchev–Trinajstić information content (AvgIpc) is 2.70. The van der Waals surface area contributed by atoms with Gasteiger partial charge in [-0.15, -0.1) is 11.3 Å². The van der Waals surface area contributed by atoms with Crippen LogP contribution in [0.2, 0.25) is 5.02 Å². The van der Waals surface area contributed by atoms with Gasteiger partial charge in [0.05, 0.1) is 19.2 Å². The molecule has 1 aromatic carbocycles. The lowest BCUT2D eigenvalue weighted by atomic mass is 10.2. The fourth-order valence-corrected chi connectivity index (χ4v) is 2.74. The van der Waals surface area contributed by atoms with Gasteiger partial charge < -0.3 is 11.1 Å². The first kappa shape index (κ1) is 12.7. The number of carbonyl (C=O) groups excluding carboxylic acids is 1. The van der Waals surface area contributed by atoms with E-state index in [1.807, 2.05) is 11.4 Å². The molecule has 0 fully saturated rings. The van der Waals surface area contributed by atoms with Gasteiger partial charge in [0.1, 0.15) is 0 Å². The van der Waals surface area contributed by atoms with Crippen molar-refractivity contribution in [2.24, 2.45) is 0 Å². The lowest BCUT2D eigenvalue weighted by molar-refractivity contribution is 0.102. The Bertz CT molecular complexity index is 570. The summed E-state index contributed by atoms with van der Waals surface area (Å²) in [6, 6.07) is 6.84. The molecule has 0 atom stereocenters. The second-order valence-corrected chi connectivity index (χ2v) is 6.54. The van der Waals surface area contributed by atoms with E-state index < -0.39 is 0 Å². The number of nitrogen functional groups attached to an aromatic ring is 1. The zero-order chi connectivity index (χ0) is 12.4. The Morgan fingerprint density at radius 3 is 2.76 bits per heavy atom. The van der Waals surface area contributed by atoms with Crippen molar-refractivity contribution in [1.29, 1.82) is 0 Å². The quantitative estimate of drug-likeness (QED) is 0.616. The second-order valence-electron chi connectivity index (χ2n) is 3.33.